The highest BCUT2D eigenvalue weighted by Gasteiger charge is 2.64. The number of rotatable bonds is 6. The van der Waals surface area contributed by atoms with Crippen LogP contribution >= 0.6 is 12.2 Å². The summed E-state index contributed by atoms with van der Waals surface area (Å²) in [6, 6.07) is 11.0. The molecule has 0 amide bonds. The van der Waals surface area contributed by atoms with Gasteiger partial charge in [0.1, 0.15) is 0 Å². The molecule has 0 aliphatic heterocycles. The minimum Gasteiger partial charge on any atom is -0.272 e. The third kappa shape index (κ3) is 3.77. The van der Waals surface area contributed by atoms with Crippen LogP contribution in [0, 0.1) is 0 Å². The topological polar surface area (TPSA) is 12.4 Å². The second-order valence-electron chi connectivity index (χ2n) is 9.59. The number of thiocarbonyl (C=S) groups is 1. The van der Waals surface area contributed by atoms with Crippen LogP contribution in [0.1, 0.15) is 0 Å². The van der Waals surface area contributed by atoms with E-state index in [-0.39, 0.29) is 0 Å². The smallest absolute Gasteiger partial charge is 0.208 e. The molecule has 0 aliphatic carbocycles. The van der Waals surface area contributed by atoms with Gasteiger partial charge in [-0.25, -0.2) is 0 Å². The van der Waals surface area contributed by atoms with Crippen LogP contribution in [-0.2, 0) is 0 Å². The molecule has 1 unspecified atom stereocenters. The SMILES string of the molecule is C[Si](C)(C)C([SiH](N=C=S)c1ccccc1)([Si](C)(C)C)[Si](C)(C)C. The summed E-state index contributed by atoms with van der Waals surface area (Å²) in [6.07, 6.45) is 0. The summed E-state index contributed by atoms with van der Waals surface area (Å²) in [7, 11) is -6.08. The zero-order valence-electron chi connectivity index (χ0n) is 16.3. The van der Waals surface area contributed by atoms with Gasteiger partial charge in [-0.05, 0) is 21.3 Å². The Bertz CT molecular complexity index is 539. The molecule has 1 aromatic rings. The summed E-state index contributed by atoms with van der Waals surface area (Å²) >= 11 is 5.13. The first kappa shape index (κ1) is 20.9. The van der Waals surface area contributed by atoms with Gasteiger partial charge in [-0.3, -0.25) is 4.66 Å². The highest BCUT2D eigenvalue weighted by Crippen LogP contribution is 2.55. The summed E-state index contributed by atoms with van der Waals surface area (Å²) in [5.74, 6) is 0. The van der Waals surface area contributed by atoms with Crippen molar-refractivity contribution in [1.82, 2.24) is 0 Å². The van der Waals surface area contributed by atoms with Crippen molar-refractivity contribution in [2.24, 2.45) is 4.66 Å². The quantitative estimate of drug-likeness (QED) is 0.371. The average Bonchev–Trinajstić information content (AvgIpc) is 2.34. The summed E-state index contributed by atoms with van der Waals surface area (Å²) in [5, 5.41) is 4.28. The Morgan fingerprint density at radius 2 is 1.22 bits per heavy atom. The number of hydrogen-bond acceptors (Lipinski definition) is 2. The Morgan fingerprint density at radius 3 is 1.52 bits per heavy atom. The van der Waals surface area contributed by atoms with Gasteiger partial charge in [0.25, 0.3) is 0 Å². The monoisotopic (exact) mass is 395 g/mol. The van der Waals surface area contributed by atoms with Crippen LogP contribution in [0.25, 0.3) is 0 Å². The Kier molecular flexibility index (Phi) is 6.39. The van der Waals surface area contributed by atoms with E-state index in [2.05, 4.69) is 94.4 Å². The van der Waals surface area contributed by atoms with E-state index < -0.39 is 33.2 Å². The Balaban J connectivity index is 3.90. The van der Waals surface area contributed by atoms with Gasteiger partial charge in [-0.2, -0.15) is 0 Å². The van der Waals surface area contributed by atoms with Gasteiger partial charge in [0.05, 0.1) is 0 Å². The zero-order valence-corrected chi connectivity index (χ0v) is 21.3. The number of hydrogen-bond donors (Lipinski definition) is 0. The first-order valence-electron chi connectivity index (χ1n) is 8.42. The van der Waals surface area contributed by atoms with Gasteiger partial charge in [0.15, 0.2) is 0 Å². The molecule has 0 radical (unpaired) electrons. The van der Waals surface area contributed by atoms with Crippen LogP contribution in [0.15, 0.2) is 35.0 Å². The molecule has 0 heterocycles. The molecule has 1 nitrogen and oxygen atoms in total. The molecular weight excluding hydrogens is 363 g/mol. The molecule has 0 saturated carbocycles. The minimum absolute atomic E-state index is 0.445. The molecule has 1 rings (SSSR count). The third-order valence-electron chi connectivity index (χ3n) is 5.26. The average molecular weight is 396 g/mol. The molecule has 0 fully saturated rings. The van der Waals surface area contributed by atoms with Gasteiger partial charge < -0.3 is 0 Å². The molecule has 1 aromatic carbocycles. The first-order chi connectivity index (χ1) is 10.3. The molecule has 0 spiro atoms. The van der Waals surface area contributed by atoms with Gasteiger partial charge in [-0.1, -0.05) is 89.3 Å². The lowest BCUT2D eigenvalue weighted by atomic mass is 10.4. The summed E-state index contributed by atoms with van der Waals surface area (Å²) in [5.41, 5.74) is 0. The molecule has 0 aliphatic rings. The summed E-state index contributed by atoms with van der Waals surface area (Å²) < 4.78 is 5.42. The minimum atomic E-state index is -1.62. The van der Waals surface area contributed by atoms with E-state index in [0.29, 0.717) is 3.91 Å². The number of benzene rings is 1. The highest BCUT2D eigenvalue weighted by molar-refractivity contribution is 7.78. The second kappa shape index (κ2) is 7.02. The summed E-state index contributed by atoms with van der Waals surface area (Å²) in [4.78, 5) is 0. The fourth-order valence-corrected chi connectivity index (χ4v) is 46.5. The molecule has 128 valence electrons. The van der Waals surface area contributed by atoms with E-state index in [0.717, 1.165) is 0 Å². The normalized spacial score (nSPS) is 15.0. The van der Waals surface area contributed by atoms with Gasteiger partial charge in [-0.15, -0.1) is 0 Å². The van der Waals surface area contributed by atoms with E-state index in [4.69, 9.17) is 16.9 Å². The van der Waals surface area contributed by atoms with Crippen LogP contribution in [-0.4, -0.2) is 38.3 Å². The Labute approximate surface area is 153 Å². The fourth-order valence-electron chi connectivity index (χ4n) is 5.71. The maximum atomic E-state index is 5.13. The van der Waals surface area contributed by atoms with Crippen LogP contribution in [0.2, 0.25) is 62.8 Å². The summed E-state index contributed by atoms with van der Waals surface area (Å²) in [6.45, 7) is 23.2. The van der Waals surface area contributed by atoms with E-state index in [1.54, 1.807) is 0 Å². The zero-order chi connectivity index (χ0) is 18.1. The number of nitrogens with zero attached hydrogens (tertiary/aromatic N) is 1. The molecule has 0 bridgehead atoms. The first-order valence-corrected chi connectivity index (χ1v) is 21.0. The lowest BCUT2D eigenvalue weighted by Crippen LogP contribution is -2.74. The lowest BCUT2D eigenvalue weighted by molar-refractivity contribution is 1.20. The van der Waals surface area contributed by atoms with Crippen LogP contribution in [0.5, 0.6) is 0 Å². The van der Waals surface area contributed by atoms with E-state index >= 15 is 0 Å². The molecule has 0 N–H and O–H groups in total. The van der Waals surface area contributed by atoms with Crippen molar-refractivity contribution in [2.45, 2.75) is 62.8 Å². The van der Waals surface area contributed by atoms with E-state index in [1.807, 2.05) is 0 Å². The second-order valence-corrected chi connectivity index (χ2v) is 31.5. The van der Waals surface area contributed by atoms with Crippen molar-refractivity contribution in [3.63, 3.8) is 0 Å². The molecule has 23 heavy (non-hydrogen) atoms. The van der Waals surface area contributed by atoms with Crippen molar-refractivity contribution in [3.8, 4) is 0 Å². The maximum Gasteiger partial charge on any atom is 0.208 e. The van der Waals surface area contributed by atoms with E-state index in [9.17, 15) is 0 Å². The van der Waals surface area contributed by atoms with E-state index in [1.165, 1.54) is 5.19 Å². The van der Waals surface area contributed by atoms with Crippen molar-refractivity contribution in [1.29, 1.82) is 0 Å². The molecule has 1 atom stereocenters. The lowest BCUT2D eigenvalue weighted by Gasteiger charge is -2.61. The molecule has 0 saturated heterocycles. The molecule has 0 aromatic heterocycles. The standard InChI is InChI=1S/C17H33NSSi4/c1-21(2,3)17(22(4,5)6,23(7,8)9)20(18-15-19)16-13-11-10-12-14-16/h10-14,20H,1-9H3. The van der Waals surface area contributed by atoms with Gasteiger partial charge >= 0.3 is 0 Å². The molecule has 6 heteroatoms. The Hall–Kier alpha value is -0.112. The van der Waals surface area contributed by atoms with Crippen molar-refractivity contribution in [3.05, 3.63) is 30.3 Å². The predicted molar refractivity (Wildman–Crippen MR) is 121 cm³/mol. The van der Waals surface area contributed by atoms with Crippen molar-refractivity contribution >= 4 is 55.7 Å². The third-order valence-corrected chi connectivity index (χ3v) is 38.6. The molecular formula is C17H33NSSi4. The largest absolute Gasteiger partial charge is 0.272 e. The predicted octanol–water partition coefficient (Wildman–Crippen LogP) is 5.09. The van der Waals surface area contributed by atoms with Crippen molar-refractivity contribution in [2.75, 3.05) is 0 Å². The van der Waals surface area contributed by atoms with Gasteiger partial charge in [0, 0.05) is 29.4 Å². The van der Waals surface area contributed by atoms with Crippen LogP contribution in [0.3, 0.4) is 0 Å². The number of isothiocyanates is 1. The Morgan fingerprint density at radius 1 is 0.826 bits per heavy atom. The highest BCUT2D eigenvalue weighted by atomic mass is 32.1. The fraction of sp³-hybridized carbons (Fsp3) is 0.588. The van der Waals surface area contributed by atoms with Crippen LogP contribution < -0.4 is 5.19 Å². The maximum absolute atomic E-state index is 5.13. The van der Waals surface area contributed by atoms with Crippen molar-refractivity contribution < 1.29 is 0 Å². The van der Waals surface area contributed by atoms with Crippen LogP contribution in [0.4, 0.5) is 0 Å². The van der Waals surface area contributed by atoms with Gasteiger partial charge in [0.2, 0.25) is 8.96 Å².